The first-order valence-electron chi connectivity index (χ1n) is 8.51. The Morgan fingerprint density at radius 1 is 1.14 bits per heavy atom. The first-order valence-corrected chi connectivity index (χ1v) is 8.51. The van der Waals surface area contributed by atoms with Gasteiger partial charge in [0.05, 0.1) is 25.5 Å². The lowest BCUT2D eigenvalue weighted by atomic mass is 10.0. The second kappa shape index (κ2) is 7.40. The third-order valence-electron chi connectivity index (χ3n) is 4.28. The van der Waals surface area contributed by atoms with Gasteiger partial charge in [0.2, 0.25) is 0 Å². The predicted octanol–water partition coefficient (Wildman–Crippen LogP) is 4.55. The molecular formula is C21H17N3O4. The van der Waals surface area contributed by atoms with Crippen molar-refractivity contribution in [3.05, 3.63) is 60.4 Å². The summed E-state index contributed by atoms with van der Waals surface area (Å²) < 4.78 is 16.3. The number of methoxy groups -OCH3 is 2. The smallest absolute Gasteiger partial charge is 0.256 e. The van der Waals surface area contributed by atoms with E-state index in [4.69, 9.17) is 13.9 Å². The van der Waals surface area contributed by atoms with E-state index in [9.17, 15) is 4.79 Å². The zero-order valence-electron chi connectivity index (χ0n) is 15.3. The molecule has 28 heavy (non-hydrogen) atoms. The quantitative estimate of drug-likeness (QED) is 0.409. The van der Waals surface area contributed by atoms with Crippen LogP contribution in [0.2, 0.25) is 0 Å². The fourth-order valence-corrected chi connectivity index (χ4v) is 3.02. The fourth-order valence-electron chi connectivity index (χ4n) is 3.02. The van der Waals surface area contributed by atoms with E-state index in [-0.39, 0.29) is 5.91 Å². The molecule has 0 aliphatic heterocycles. The lowest BCUT2D eigenvalue weighted by Gasteiger charge is -2.08. The average molecular weight is 375 g/mol. The van der Waals surface area contributed by atoms with Crippen LogP contribution in [-0.4, -0.2) is 31.5 Å². The Morgan fingerprint density at radius 3 is 2.71 bits per heavy atom. The molecule has 0 bridgehead atoms. The number of aliphatic imine (C=N–C) groups is 1. The molecule has 0 fully saturated rings. The molecule has 0 saturated carbocycles. The van der Waals surface area contributed by atoms with Gasteiger partial charge < -0.3 is 19.2 Å². The summed E-state index contributed by atoms with van der Waals surface area (Å²) in [6, 6.07) is 12.4. The van der Waals surface area contributed by atoms with Crippen molar-refractivity contribution in [2.75, 3.05) is 19.5 Å². The monoisotopic (exact) mass is 375 g/mol. The van der Waals surface area contributed by atoms with Crippen LogP contribution in [-0.2, 0) is 4.74 Å². The number of carbonyl (C=O) groups excluding carboxylic acids is 1. The van der Waals surface area contributed by atoms with Crippen LogP contribution in [0.15, 0.2) is 64.3 Å². The largest absolute Gasteiger partial charge is 0.493 e. The van der Waals surface area contributed by atoms with Gasteiger partial charge in [-0.2, -0.15) is 0 Å². The number of nitrogens with one attached hydrogen (secondary N) is 1. The van der Waals surface area contributed by atoms with E-state index in [1.165, 1.54) is 13.5 Å². The summed E-state index contributed by atoms with van der Waals surface area (Å²) in [6.07, 6.45) is 4.58. The molecule has 0 aliphatic rings. The summed E-state index contributed by atoms with van der Waals surface area (Å²) in [7, 11) is 3.09. The zero-order chi connectivity index (χ0) is 19.5. The number of pyridine rings is 1. The van der Waals surface area contributed by atoms with Crippen molar-refractivity contribution in [3.8, 4) is 5.75 Å². The van der Waals surface area contributed by atoms with Crippen LogP contribution >= 0.6 is 0 Å². The molecule has 0 radical (unpaired) electrons. The van der Waals surface area contributed by atoms with Crippen molar-refractivity contribution in [1.29, 1.82) is 0 Å². The van der Waals surface area contributed by atoms with E-state index in [1.807, 2.05) is 18.2 Å². The van der Waals surface area contributed by atoms with Gasteiger partial charge in [-0.15, -0.1) is 0 Å². The first kappa shape index (κ1) is 17.5. The predicted molar refractivity (Wildman–Crippen MR) is 108 cm³/mol. The number of fused-ring (bicyclic) bond motifs is 3. The molecule has 1 amide bonds. The minimum atomic E-state index is -0.257. The summed E-state index contributed by atoms with van der Waals surface area (Å²) >= 11 is 0. The molecule has 4 aromatic rings. The Hall–Kier alpha value is -3.87. The maximum absolute atomic E-state index is 13.0. The fraction of sp³-hybridized carbons (Fsp3) is 0.0952. The number of hydrogen-bond donors (Lipinski definition) is 1. The van der Waals surface area contributed by atoms with Gasteiger partial charge in [-0.1, -0.05) is 0 Å². The summed E-state index contributed by atoms with van der Waals surface area (Å²) in [5.74, 6) is 0.293. The highest BCUT2D eigenvalue weighted by Crippen LogP contribution is 2.38. The number of nitrogens with zero attached hydrogens (tertiary/aromatic N) is 2. The van der Waals surface area contributed by atoms with Crippen molar-refractivity contribution in [1.82, 2.24) is 4.98 Å². The van der Waals surface area contributed by atoms with Crippen molar-refractivity contribution in [2.45, 2.75) is 0 Å². The highest BCUT2D eigenvalue weighted by molar-refractivity contribution is 6.20. The molecule has 0 spiro atoms. The molecule has 2 heterocycles. The van der Waals surface area contributed by atoms with Gasteiger partial charge in [0.15, 0.2) is 17.7 Å². The molecule has 0 saturated heterocycles. The summed E-state index contributed by atoms with van der Waals surface area (Å²) in [5.41, 5.74) is 2.95. The average Bonchev–Trinajstić information content (AvgIpc) is 3.11. The molecule has 140 valence electrons. The van der Waals surface area contributed by atoms with Crippen LogP contribution in [0.4, 0.5) is 11.4 Å². The maximum atomic E-state index is 13.0. The van der Waals surface area contributed by atoms with Gasteiger partial charge in [-0.05, 0) is 42.5 Å². The Balaban J connectivity index is 1.90. The minimum Gasteiger partial charge on any atom is -0.493 e. The summed E-state index contributed by atoms with van der Waals surface area (Å²) in [4.78, 5) is 21.1. The molecule has 1 N–H and O–H groups in total. The van der Waals surface area contributed by atoms with E-state index in [1.54, 1.807) is 43.8 Å². The number of aromatic nitrogens is 1. The number of furan rings is 1. The van der Waals surface area contributed by atoms with Crippen molar-refractivity contribution < 1.29 is 18.7 Å². The number of benzene rings is 2. The van der Waals surface area contributed by atoms with E-state index in [0.29, 0.717) is 39.2 Å². The second-order valence-electron chi connectivity index (χ2n) is 5.96. The Labute approximate surface area is 160 Å². The SMILES string of the molecule is COC=Nc1ccc2oc3c(OC)ccc(C(=O)Nc4ccncc4)c3c2c1. The standard InChI is InChI=1S/C21H17N3O4/c1-26-12-23-14-3-5-17-16(11-14)19-15(4-6-18(27-2)20(19)28-17)21(25)24-13-7-9-22-10-8-13/h3-12H,1-2H3,(H,22,24,25). The van der Waals surface area contributed by atoms with Crippen LogP contribution in [0, 0.1) is 0 Å². The van der Waals surface area contributed by atoms with Gasteiger partial charge in [-0.25, -0.2) is 4.99 Å². The van der Waals surface area contributed by atoms with Gasteiger partial charge in [0.25, 0.3) is 5.91 Å². The van der Waals surface area contributed by atoms with Gasteiger partial charge in [-0.3, -0.25) is 9.78 Å². The zero-order valence-corrected chi connectivity index (χ0v) is 15.3. The molecule has 0 atom stereocenters. The lowest BCUT2D eigenvalue weighted by molar-refractivity contribution is 0.102. The van der Waals surface area contributed by atoms with E-state index >= 15 is 0 Å². The highest BCUT2D eigenvalue weighted by atomic mass is 16.5. The van der Waals surface area contributed by atoms with E-state index in [0.717, 1.165) is 5.39 Å². The number of hydrogen-bond acceptors (Lipinski definition) is 6. The highest BCUT2D eigenvalue weighted by Gasteiger charge is 2.20. The Bertz CT molecular complexity index is 1180. The Kier molecular flexibility index (Phi) is 4.63. The van der Waals surface area contributed by atoms with Gasteiger partial charge in [0.1, 0.15) is 5.58 Å². The first-order chi connectivity index (χ1) is 13.7. The number of rotatable bonds is 5. The van der Waals surface area contributed by atoms with Crippen molar-refractivity contribution >= 4 is 45.6 Å². The number of amides is 1. The van der Waals surface area contributed by atoms with Gasteiger partial charge in [0, 0.05) is 28.9 Å². The molecule has 0 unspecified atom stereocenters. The molecule has 7 heteroatoms. The molecule has 2 aromatic carbocycles. The molecule has 7 nitrogen and oxygen atoms in total. The molecule has 4 rings (SSSR count). The maximum Gasteiger partial charge on any atom is 0.256 e. The van der Waals surface area contributed by atoms with Crippen molar-refractivity contribution in [2.24, 2.45) is 4.99 Å². The minimum absolute atomic E-state index is 0.257. The number of ether oxygens (including phenoxy) is 2. The number of anilines is 1. The number of carbonyl (C=O) groups is 1. The second-order valence-corrected chi connectivity index (χ2v) is 5.96. The molecule has 2 aromatic heterocycles. The third-order valence-corrected chi connectivity index (χ3v) is 4.28. The van der Waals surface area contributed by atoms with Crippen LogP contribution in [0.3, 0.4) is 0 Å². The van der Waals surface area contributed by atoms with Crippen LogP contribution in [0.1, 0.15) is 10.4 Å². The molecular weight excluding hydrogens is 358 g/mol. The lowest BCUT2D eigenvalue weighted by Crippen LogP contribution is -2.12. The topological polar surface area (TPSA) is 86.0 Å². The van der Waals surface area contributed by atoms with Crippen LogP contribution in [0.5, 0.6) is 5.75 Å². The van der Waals surface area contributed by atoms with Gasteiger partial charge >= 0.3 is 0 Å². The Morgan fingerprint density at radius 2 is 1.96 bits per heavy atom. The van der Waals surface area contributed by atoms with Crippen molar-refractivity contribution in [3.63, 3.8) is 0 Å². The van der Waals surface area contributed by atoms with Crippen LogP contribution in [0.25, 0.3) is 21.9 Å². The van der Waals surface area contributed by atoms with E-state index < -0.39 is 0 Å². The summed E-state index contributed by atoms with van der Waals surface area (Å²) in [6.45, 7) is 0. The normalized spacial score (nSPS) is 11.2. The van der Waals surface area contributed by atoms with Crippen LogP contribution < -0.4 is 10.1 Å². The summed E-state index contributed by atoms with van der Waals surface area (Å²) in [5, 5.41) is 4.31. The third kappa shape index (κ3) is 3.14. The molecule has 0 aliphatic carbocycles. The van der Waals surface area contributed by atoms with E-state index in [2.05, 4.69) is 15.3 Å².